The van der Waals surface area contributed by atoms with Gasteiger partial charge in [-0.05, 0) is 48.5 Å². The van der Waals surface area contributed by atoms with Crippen LogP contribution in [-0.2, 0) is 10.1 Å². The maximum Gasteiger partial charge on any atom is 0.294 e. The average Bonchev–Trinajstić information content (AvgIpc) is 2.61. The molecule has 0 atom stereocenters. The summed E-state index contributed by atoms with van der Waals surface area (Å²) in [5.74, 6) is 0. The topological polar surface area (TPSA) is 139 Å². The fourth-order valence-electron chi connectivity index (χ4n) is 1.67. The van der Waals surface area contributed by atoms with Crippen LogP contribution in [0, 0.1) is 22.7 Å². The Bertz CT molecular complexity index is 980. The molecule has 0 radical (unpaired) electrons. The maximum absolute atomic E-state index is 10.9. The Morgan fingerprint density at radius 3 is 1.88 bits per heavy atom. The Hall–Kier alpha value is -3.53. The fraction of sp³-hybridized carbons (Fsp3) is 0. The van der Waals surface area contributed by atoms with Gasteiger partial charge in [0.2, 0.25) is 0 Å². The van der Waals surface area contributed by atoms with E-state index in [1.165, 1.54) is 30.5 Å². The van der Waals surface area contributed by atoms with Gasteiger partial charge in [-0.15, -0.1) is 0 Å². The second-order valence-corrected chi connectivity index (χ2v) is 6.06. The lowest BCUT2D eigenvalue weighted by atomic mass is 10.3. The summed E-state index contributed by atoms with van der Waals surface area (Å²) in [6.45, 7) is 0. The molecule has 2 aromatic carbocycles. The van der Waals surface area contributed by atoms with Crippen molar-refractivity contribution in [2.75, 3.05) is 5.32 Å². The van der Waals surface area contributed by atoms with Crippen molar-refractivity contribution in [2.24, 2.45) is 10.2 Å². The number of azo groups is 1. The van der Waals surface area contributed by atoms with Crippen LogP contribution in [0.2, 0.25) is 0 Å². The molecule has 0 unspecified atom stereocenters. The van der Waals surface area contributed by atoms with Crippen LogP contribution in [0.5, 0.6) is 0 Å². The van der Waals surface area contributed by atoms with Crippen molar-refractivity contribution in [1.29, 1.82) is 10.5 Å². The minimum absolute atomic E-state index is 0.0443. The Morgan fingerprint density at radius 2 is 1.44 bits per heavy atom. The number of hydrogen-bond acceptors (Lipinski definition) is 7. The molecule has 8 nitrogen and oxygen atoms in total. The SMILES string of the molecule is N#CC(C#N)=CNc1ccc(N=Nc2ccc(S(=O)(=O)O)cc2)cc1. The Kier molecular flexibility index (Phi) is 5.58. The highest BCUT2D eigenvalue weighted by molar-refractivity contribution is 7.85. The molecule has 2 rings (SSSR count). The molecular weight excluding hydrogens is 342 g/mol. The van der Waals surface area contributed by atoms with Crippen molar-refractivity contribution in [3.05, 3.63) is 60.3 Å². The van der Waals surface area contributed by atoms with Crippen LogP contribution in [0.15, 0.2) is 75.4 Å². The van der Waals surface area contributed by atoms with Gasteiger partial charge in [0, 0.05) is 11.9 Å². The van der Waals surface area contributed by atoms with Crippen molar-refractivity contribution in [1.82, 2.24) is 0 Å². The zero-order chi connectivity index (χ0) is 18.3. The van der Waals surface area contributed by atoms with Crippen LogP contribution < -0.4 is 5.32 Å². The van der Waals surface area contributed by atoms with Crippen LogP contribution in [0.25, 0.3) is 0 Å². The highest BCUT2D eigenvalue weighted by atomic mass is 32.2. The van der Waals surface area contributed by atoms with Gasteiger partial charge in [-0.2, -0.15) is 29.2 Å². The molecule has 0 heterocycles. The molecule has 0 bridgehead atoms. The fourth-order valence-corrected chi connectivity index (χ4v) is 2.15. The van der Waals surface area contributed by atoms with Crippen LogP contribution in [0.3, 0.4) is 0 Å². The van der Waals surface area contributed by atoms with Crippen LogP contribution in [0.4, 0.5) is 17.1 Å². The van der Waals surface area contributed by atoms with Gasteiger partial charge in [-0.25, -0.2) is 0 Å². The zero-order valence-electron chi connectivity index (χ0n) is 12.7. The molecule has 0 aliphatic carbocycles. The Labute approximate surface area is 144 Å². The standard InChI is InChI=1S/C16H11N5O3S/c17-9-12(10-18)11-19-13-1-3-14(4-2-13)20-21-15-5-7-16(8-6-15)25(22,23)24/h1-8,11,19H,(H,22,23,24). The van der Waals surface area contributed by atoms with Crippen molar-refractivity contribution < 1.29 is 13.0 Å². The first-order chi connectivity index (χ1) is 11.9. The van der Waals surface area contributed by atoms with Crippen molar-refractivity contribution in [3.8, 4) is 12.1 Å². The van der Waals surface area contributed by atoms with Gasteiger partial charge >= 0.3 is 0 Å². The average molecular weight is 353 g/mol. The molecule has 0 amide bonds. The van der Waals surface area contributed by atoms with Gasteiger partial charge in [0.05, 0.1) is 16.3 Å². The maximum atomic E-state index is 10.9. The molecule has 0 aliphatic heterocycles. The van der Waals surface area contributed by atoms with Crippen LogP contribution in [-0.4, -0.2) is 13.0 Å². The lowest BCUT2D eigenvalue weighted by Gasteiger charge is -2.00. The minimum Gasteiger partial charge on any atom is -0.360 e. The lowest BCUT2D eigenvalue weighted by molar-refractivity contribution is 0.483. The number of anilines is 1. The number of nitriles is 2. The van der Waals surface area contributed by atoms with Gasteiger partial charge in [0.25, 0.3) is 10.1 Å². The number of nitrogens with zero attached hydrogens (tertiary/aromatic N) is 4. The molecule has 0 saturated carbocycles. The number of benzene rings is 2. The summed E-state index contributed by atoms with van der Waals surface area (Å²) in [6, 6.07) is 15.5. The minimum atomic E-state index is -4.23. The molecule has 0 saturated heterocycles. The molecule has 124 valence electrons. The number of rotatable bonds is 5. The third-order valence-corrected chi connectivity index (χ3v) is 3.77. The molecule has 25 heavy (non-hydrogen) atoms. The molecule has 9 heteroatoms. The second kappa shape index (κ2) is 7.84. The second-order valence-electron chi connectivity index (χ2n) is 4.64. The van der Waals surface area contributed by atoms with Gasteiger partial charge in [0.1, 0.15) is 17.7 Å². The first-order valence-corrected chi connectivity index (χ1v) is 8.22. The van der Waals surface area contributed by atoms with E-state index in [0.717, 1.165) is 0 Å². The summed E-state index contributed by atoms with van der Waals surface area (Å²) in [5.41, 5.74) is 1.59. The van der Waals surface area contributed by atoms with Crippen LogP contribution >= 0.6 is 0 Å². The molecule has 2 aromatic rings. The van der Waals surface area contributed by atoms with Crippen molar-refractivity contribution >= 4 is 27.2 Å². The molecule has 0 aliphatic rings. The normalized spacial score (nSPS) is 10.7. The highest BCUT2D eigenvalue weighted by Crippen LogP contribution is 2.21. The molecule has 0 fully saturated rings. The Balaban J connectivity index is 2.06. The van der Waals surface area contributed by atoms with E-state index < -0.39 is 10.1 Å². The van der Waals surface area contributed by atoms with Gasteiger partial charge in [0.15, 0.2) is 0 Å². The van der Waals surface area contributed by atoms with E-state index in [2.05, 4.69) is 15.5 Å². The molecular formula is C16H11N5O3S. The highest BCUT2D eigenvalue weighted by Gasteiger charge is 2.07. The van der Waals surface area contributed by atoms with Crippen LogP contribution in [0.1, 0.15) is 0 Å². The summed E-state index contributed by atoms with van der Waals surface area (Å²) >= 11 is 0. The van der Waals surface area contributed by atoms with E-state index in [-0.39, 0.29) is 10.5 Å². The van der Waals surface area contributed by atoms with Crippen molar-refractivity contribution in [3.63, 3.8) is 0 Å². The predicted octanol–water partition coefficient (Wildman–Crippen LogP) is 3.69. The number of allylic oxidation sites excluding steroid dienone is 1. The Morgan fingerprint density at radius 1 is 0.960 bits per heavy atom. The van der Waals surface area contributed by atoms with Gasteiger partial charge in [-0.3, -0.25) is 4.55 Å². The van der Waals surface area contributed by atoms with E-state index in [4.69, 9.17) is 15.1 Å². The largest absolute Gasteiger partial charge is 0.360 e. The van der Waals surface area contributed by atoms with Gasteiger partial charge in [-0.1, -0.05) is 0 Å². The third kappa shape index (κ3) is 5.25. The molecule has 0 aromatic heterocycles. The number of hydrogen-bond donors (Lipinski definition) is 2. The first-order valence-electron chi connectivity index (χ1n) is 6.78. The van der Waals surface area contributed by atoms with Crippen molar-refractivity contribution in [2.45, 2.75) is 4.90 Å². The van der Waals surface area contributed by atoms with E-state index in [0.29, 0.717) is 17.1 Å². The lowest BCUT2D eigenvalue weighted by Crippen LogP contribution is -1.96. The third-order valence-electron chi connectivity index (χ3n) is 2.91. The summed E-state index contributed by atoms with van der Waals surface area (Å²) < 4.78 is 30.8. The summed E-state index contributed by atoms with van der Waals surface area (Å²) in [6.07, 6.45) is 1.30. The van der Waals surface area contributed by atoms with Gasteiger partial charge < -0.3 is 5.32 Å². The predicted molar refractivity (Wildman–Crippen MR) is 89.8 cm³/mol. The molecule has 0 spiro atoms. The number of nitrogens with one attached hydrogen (secondary N) is 1. The first kappa shape index (κ1) is 17.8. The molecule has 2 N–H and O–H groups in total. The van der Waals surface area contributed by atoms with E-state index in [1.807, 2.05) is 0 Å². The van der Waals surface area contributed by atoms with E-state index in [9.17, 15) is 8.42 Å². The smallest absolute Gasteiger partial charge is 0.294 e. The van der Waals surface area contributed by atoms with E-state index in [1.54, 1.807) is 36.4 Å². The van der Waals surface area contributed by atoms with E-state index >= 15 is 0 Å². The monoisotopic (exact) mass is 353 g/mol. The quantitative estimate of drug-likeness (QED) is 0.477. The zero-order valence-corrected chi connectivity index (χ0v) is 13.5. The summed E-state index contributed by atoms with van der Waals surface area (Å²) in [7, 11) is -4.23. The summed E-state index contributed by atoms with van der Waals surface area (Å²) in [4.78, 5) is -0.218. The summed E-state index contributed by atoms with van der Waals surface area (Å²) in [5, 5.41) is 28.0.